The van der Waals surface area contributed by atoms with Gasteiger partial charge in [0.2, 0.25) is 0 Å². The third-order valence-corrected chi connectivity index (χ3v) is 5.29. The van der Waals surface area contributed by atoms with E-state index >= 15 is 0 Å². The largest absolute Gasteiger partial charge is 0.481 e. The molecule has 7 heteroatoms. The Labute approximate surface area is 180 Å². The standard InChI is InChI=1S/C22H23Cl2NO4/c1-13(2)12-25-20(14-6-8-16(23)9-7-14)21(15-4-3-5-17(24)10-15)29-18(22(25)28)11-19(26)27/h3-10,13,18,20-21H,11-12H2,1-2H3,(H,26,27)/t18-,20+,21-/m0/s1. The van der Waals surface area contributed by atoms with Gasteiger partial charge >= 0.3 is 5.97 Å². The van der Waals surface area contributed by atoms with Crippen molar-refractivity contribution >= 4 is 35.1 Å². The molecule has 0 spiro atoms. The van der Waals surface area contributed by atoms with Crippen LogP contribution in [0, 0.1) is 5.92 Å². The molecule has 1 saturated heterocycles. The zero-order valence-corrected chi connectivity index (χ0v) is 17.7. The lowest BCUT2D eigenvalue weighted by Crippen LogP contribution is -2.52. The maximum Gasteiger partial charge on any atom is 0.306 e. The van der Waals surface area contributed by atoms with Gasteiger partial charge in [-0.05, 0) is 41.3 Å². The zero-order valence-electron chi connectivity index (χ0n) is 16.2. The number of benzene rings is 2. The summed E-state index contributed by atoms with van der Waals surface area (Å²) in [5, 5.41) is 10.4. The second-order valence-corrected chi connectivity index (χ2v) is 8.45. The van der Waals surface area contributed by atoms with Crippen LogP contribution in [0.25, 0.3) is 0 Å². The van der Waals surface area contributed by atoms with Crippen LogP contribution >= 0.6 is 23.2 Å². The Kier molecular flexibility index (Phi) is 6.83. The highest BCUT2D eigenvalue weighted by Crippen LogP contribution is 2.43. The quantitative estimate of drug-likeness (QED) is 0.682. The minimum atomic E-state index is -1.08. The highest BCUT2D eigenvalue weighted by Gasteiger charge is 2.44. The van der Waals surface area contributed by atoms with Gasteiger partial charge in [0.15, 0.2) is 0 Å². The van der Waals surface area contributed by atoms with Crippen molar-refractivity contribution in [1.29, 1.82) is 0 Å². The van der Waals surface area contributed by atoms with E-state index in [9.17, 15) is 14.7 Å². The number of hydrogen-bond acceptors (Lipinski definition) is 3. The molecular weight excluding hydrogens is 413 g/mol. The Bertz CT molecular complexity index is 885. The van der Waals surface area contributed by atoms with Crippen molar-refractivity contribution in [3.63, 3.8) is 0 Å². The first kappa shape index (κ1) is 21.6. The van der Waals surface area contributed by atoms with Gasteiger partial charge in [-0.3, -0.25) is 9.59 Å². The summed E-state index contributed by atoms with van der Waals surface area (Å²) >= 11 is 12.3. The summed E-state index contributed by atoms with van der Waals surface area (Å²) in [7, 11) is 0. The van der Waals surface area contributed by atoms with E-state index in [1.165, 1.54) is 0 Å². The number of rotatable bonds is 6. The van der Waals surface area contributed by atoms with Crippen LogP contribution in [0.1, 0.15) is 43.5 Å². The molecule has 0 bridgehead atoms. The predicted octanol–water partition coefficient (Wildman–Crippen LogP) is 5.13. The lowest BCUT2D eigenvalue weighted by atomic mass is 9.90. The van der Waals surface area contributed by atoms with Gasteiger partial charge < -0.3 is 14.7 Å². The van der Waals surface area contributed by atoms with Crippen LogP contribution in [0.3, 0.4) is 0 Å². The van der Waals surface area contributed by atoms with E-state index in [1.807, 2.05) is 38.1 Å². The average Bonchev–Trinajstić information content (AvgIpc) is 2.65. The number of nitrogens with zero attached hydrogens (tertiary/aromatic N) is 1. The zero-order chi connectivity index (χ0) is 21.1. The molecule has 154 valence electrons. The second-order valence-electron chi connectivity index (χ2n) is 7.58. The fourth-order valence-electron chi connectivity index (χ4n) is 3.65. The predicted molar refractivity (Wildman–Crippen MR) is 112 cm³/mol. The highest BCUT2D eigenvalue weighted by atomic mass is 35.5. The summed E-state index contributed by atoms with van der Waals surface area (Å²) in [5.74, 6) is -1.21. The Morgan fingerprint density at radius 1 is 1.10 bits per heavy atom. The Morgan fingerprint density at radius 3 is 2.38 bits per heavy atom. The first-order chi connectivity index (χ1) is 13.8. The summed E-state index contributed by atoms with van der Waals surface area (Å²) in [4.78, 5) is 26.3. The van der Waals surface area contributed by atoms with Gasteiger partial charge in [-0.2, -0.15) is 0 Å². The Balaban J connectivity index is 2.11. The molecule has 1 heterocycles. The van der Waals surface area contributed by atoms with Gasteiger partial charge in [-0.25, -0.2) is 0 Å². The van der Waals surface area contributed by atoms with E-state index in [1.54, 1.807) is 29.2 Å². The topological polar surface area (TPSA) is 66.8 Å². The van der Waals surface area contributed by atoms with Crippen molar-refractivity contribution < 1.29 is 19.4 Å². The fraction of sp³-hybridized carbons (Fsp3) is 0.364. The van der Waals surface area contributed by atoms with Crippen molar-refractivity contribution in [2.45, 2.75) is 38.5 Å². The number of morpholine rings is 1. The Hall–Kier alpha value is -2.08. The summed E-state index contributed by atoms with van der Waals surface area (Å²) in [6.07, 6.45) is -2.01. The first-order valence-electron chi connectivity index (χ1n) is 9.45. The molecule has 0 saturated carbocycles. The summed E-state index contributed by atoms with van der Waals surface area (Å²) in [6.45, 7) is 4.51. The average molecular weight is 436 g/mol. The van der Waals surface area contributed by atoms with Gasteiger partial charge in [0.05, 0.1) is 12.5 Å². The highest BCUT2D eigenvalue weighted by molar-refractivity contribution is 6.30. The summed E-state index contributed by atoms with van der Waals surface area (Å²) in [5.41, 5.74) is 1.65. The normalized spacial score (nSPS) is 22.2. The maximum absolute atomic E-state index is 13.2. The molecular formula is C22H23Cl2NO4. The molecule has 1 aliphatic rings. The van der Waals surface area contributed by atoms with Gasteiger partial charge in [0, 0.05) is 16.6 Å². The SMILES string of the molecule is CC(C)CN1C(=O)[C@H](CC(=O)O)O[C@@H](c2cccc(Cl)c2)[C@H]1c1ccc(Cl)cc1. The van der Waals surface area contributed by atoms with Crippen LogP contribution < -0.4 is 0 Å². The number of hydrogen-bond donors (Lipinski definition) is 1. The van der Waals surface area contributed by atoms with Crippen molar-refractivity contribution in [1.82, 2.24) is 4.90 Å². The third-order valence-electron chi connectivity index (χ3n) is 4.80. The van der Waals surface area contributed by atoms with Gasteiger partial charge in [0.25, 0.3) is 5.91 Å². The number of amides is 1. The number of carboxylic acid groups (broad SMARTS) is 1. The number of carbonyl (C=O) groups is 2. The van der Waals surface area contributed by atoms with E-state index in [0.717, 1.165) is 11.1 Å². The smallest absolute Gasteiger partial charge is 0.306 e. The lowest BCUT2D eigenvalue weighted by molar-refractivity contribution is -0.179. The van der Waals surface area contributed by atoms with Crippen molar-refractivity contribution in [2.75, 3.05) is 6.54 Å². The third kappa shape index (κ3) is 5.10. The number of halogens is 2. The number of carbonyl (C=O) groups excluding carboxylic acids is 1. The number of ether oxygens (including phenoxy) is 1. The van der Waals surface area contributed by atoms with Crippen LogP contribution in [-0.4, -0.2) is 34.5 Å². The monoisotopic (exact) mass is 435 g/mol. The molecule has 5 nitrogen and oxygen atoms in total. The number of carboxylic acids is 1. The number of aliphatic carboxylic acids is 1. The maximum atomic E-state index is 13.2. The molecule has 3 rings (SSSR count). The van der Waals surface area contributed by atoms with Crippen molar-refractivity contribution in [2.24, 2.45) is 5.92 Å². The van der Waals surface area contributed by atoms with Crippen LogP contribution in [-0.2, 0) is 14.3 Å². The van der Waals surface area contributed by atoms with E-state index in [-0.39, 0.29) is 11.8 Å². The molecule has 2 aromatic carbocycles. The van der Waals surface area contributed by atoms with Crippen LogP contribution in [0.5, 0.6) is 0 Å². The van der Waals surface area contributed by atoms with E-state index in [4.69, 9.17) is 27.9 Å². The van der Waals surface area contributed by atoms with Crippen LogP contribution in [0.15, 0.2) is 48.5 Å². The molecule has 1 N–H and O–H groups in total. The molecule has 2 aromatic rings. The van der Waals surface area contributed by atoms with Crippen LogP contribution in [0.4, 0.5) is 0 Å². The summed E-state index contributed by atoms with van der Waals surface area (Å²) in [6, 6.07) is 14.1. The molecule has 1 aliphatic heterocycles. The Morgan fingerprint density at radius 2 is 1.79 bits per heavy atom. The van der Waals surface area contributed by atoms with E-state index in [0.29, 0.717) is 16.6 Å². The van der Waals surface area contributed by atoms with E-state index < -0.39 is 30.6 Å². The second kappa shape index (κ2) is 9.16. The lowest BCUT2D eigenvalue weighted by Gasteiger charge is -2.45. The minimum absolute atomic E-state index is 0.192. The molecule has 0 aromatic heterocycles. The molecule has 1 amide bonds. The molecule has 0 radical (unpaired) electrons. The molecule has 29 heavy (non-hydrogen) atoms. The van der Waals surface area contributed by atoms with Crippen LogP contribution in [0.2, 0.25) is 10.0 Å². The molecule has 3 atom stereocenters. The van der Waals surface area contributed by atoms with Gasteiger partial charge in [-0.1, -0.05) is 61.3 Å². The van der Waals surface area contributed by atoms with Gasteiger partial charge in [-0.15, -0.1) is 0 Å². The minimum Gasteiger partial charge on any atom is -0.481 e. The fourth-order valence-corrected chi connectivity index (χ4v) is 3.97. The van der Waals surface area contributed by atoms with Crippen molar-refractivity contribution in [3.8, 4) is 0 Å². The molecule has 0 unspecified atom stereocenters. The van der Waals surface area contributed by atoms with Crippen molar-refractivity contribution in [3.05, 3.63) is 69.7 Å². The first-order valence-corrected chi connectivity index (χ1v) is 10.2. The molecule has 0 aliphatic carbocycles. The summed E-state index contributed by atoms with van der Waals surface area (Å²) < 4.78 is 6.10. The van der Waals surface area contributed by atoms with Gasteiger partial charge in [0.1, 0.15) is 12.2 Å². The molecule has 1 fully saturated rings. The van der Waals surface area contributed by atoms with E-state index in [2.05, 4.69) is 0 Å².